The monoisotopic (exact) mass is 302 g/mol. The second kappa shape index (κ2) is 4.99. The van der Waals surface area contributed by atoms with E-state index in [1.54, 1.807) is 17.8 Å². The maximum atomic E-state index is 11.6. The lowest BCUT2D eigenvalue weighted by Crippen LogP contribution is -2.26. The summed E-state index contributed by atoms with van der Waals surface area (Å²) < 4.78 is 29.3. The largest absolute Gasteiger partial charge is 0.300 e. The molecule has 2 rings (SSSR count). The number of benzene rings is 1. The molecular weight excluding hydrogens is 288 g/mol. The van der Waals surface area contributed by atoms with E-state index in [4.69, 9.17) is 11.6 Å². The number of nitrogens with one attached hydrogen (secondary N) is 2. The van der Waals surface area contributed by atoms with Gasteiger partial charge in [0.15, 0.2) is 5.82 Å². The van der Waals surface area contributed by atoms with Crippen LogP contribution in [0.25, 0.3) is 10.9 Å². The number of rotatable bonds is 4. The predicted molar refractivity (Wildman–Crippen MR) is 76.7 cm³/mol. The molecule has 0 unspecified atom stereocenters. The topological polar surface area (TPSA) is 76.0 Å². The molecule has 19 heavy (non-hydrogen) atoms. The highest BCUT2D eigenvalue weighted by Gasteiger charge is 2.18. The van der Waals surface area contributed by atoms with E-state index < -0.39 is 10.2 Å². The molecule has 1 aromatic heterocycles. The normalized spacial score (nSPS) is 12.0. The predicted octanol–water partition coefficient (Wildman–Crippen LogP) is 1.67. The average Bonchev–Trinajstić information content (AvgIpc) is 2.68. The van der Waals surface area contributed by atoms with Crippen LogP contribution in [-0.4, -0.2) is 25.2 Å². The molecule has 0 fully saturated rings. The number of nitrogens with zero attached hydrogens (tertiary/aromatic N) is 2. The second-order valence-electron chi connectivity index (χ2n) is 4.07. The van der Waals surface area contributed by atoms with Crippen LogP contribution in [0.1, 0.15) is 12.5 Å². The van der Waals surface area contributed by atoms with Gasteiger partial charge >= 0.3 is 0 Å². The molecule has 0 saturated carbocycles. The Balaban J connectivity index is 2.71. The summed E-state index contributed by atoms with van der Waals surface area (Å²) in [4.78, 5) is 0. The van der Waals surface area contributed by atoms with Crippen molar-refractivity contribution in [3.63, 3.8) is 0 Å². The third kappa shape index (κ3) is 2.54. The van der Waals surface area contributed by atoms with Crippen LogP contribution in [0.5, 0.6) is 0 Å². The first-order chi connectivity index (χ1) is 8.89. The summed E-state index contributed by atoms with van der Waals surface area (Å²) in [5.41, 5.74) is 1.90. The fraction of sp³-hybridized carbons (Fsp3) is 0.364. The molecule has 0 aliphatic heterocycles. The molecule has 6 nitrogen and oxygen atoms in total. The van der Waals surface area contributed by atoms with Crippen LogP contribution in [0.3, 0.4) is 0 Å². The van der Waals surface area contributed by atoms with Crippen molar-refractivity contribution in [1.29, 1.82) is 0 Å². The number of hydrogen-bond donors (Lipinski definition) is 2. The van der Waals surface area contributed by atoms with Crippen LogP contribution in [0.2, 0.25) is 5.02 Å². The van der Waals surface area contributed by atoms with Gasteiger partial charge in [0.05, 0.1) is 15.9 Å². The zero-order valence-corrected chi connectivity index (χ0v) is 12.4. The maximum Gasteiger partial charge on any atom is 0.300 e. The van der Waals surface area contributed by atoms with Crippen LogP contribution in [-0.2, 0) is 23.7 Å². The van der Waals surface area contributed by atoms with Crippen molar-refractivity contribution in [3.8, 4) is 0 Å². The van der Waals surface area contributed by atoms with Crippen molar-refractivity contribution in [1.82, 2.24) is 14.5 Å². The Morgan fingerprint density at radius 1 is 1.42 bits per heavy atom. The van der Waals surface area contributed by atoms with Gasteiger partial charge in [-0.05, 0) is 18.1 Å². The van der Waals surface area contributed by atoms with E-state index in [2.05, 4.69) is 14.5 Å². The van der Waals surface area contributed by atoms with Gasteiger partial charge in [0.1, 0.15) is 0 Å². The maximum absolute atomic E-state index is 11.6. The molecule has 0 radical (unpaired) electrons. The van der Waals surface area contributed by atoms with Gasteiger partial charge in [-0.2, -0.15) is 13.5 Å². The molecule has 0 atom stereocenters. The van der Waals surface area contributed by atoms with Crippen LogP contribution >= 0.6 is 11.6 Å². The van der Waals surface area contributed by atoms with Gasteiger partial charge in [0.25, 0.3) is 10.2 Å². The summed E-state index contributed by atoms with van der Waals surface area (Å²) in [5.74, 6) is 0.229. The smallest absolute Gasteiger partial charge is 0.265 e. The van der Waals surface area contributed by atoms with Crippen molar-refractivity contribution < 1.29 is 8.42 Å². The highest BCUT2D eigenvalue weighted by atomic mass is 35.5. The molecule has 1 aromatic carbocycles. The minimum Gasteiger partial charge on any atom is -0.265 e. The summed E-state index contributed by atoms with van der Waals surface area (Å²) in [6.07, 6.45) is 0.811. The van der Waals surface area contributed by atoms with Crippen LogP contribution in [0, 0.1) is 0 Å². The Bertz CT molecular complexity index is 724. The van der Waals surface area contributed by atoms with Gasteiger partial charge in [-0.15, -0.1) is 0 Å². The minimum absolute atomic E-state index is 0.229. The number of fused-ring (bicyclic) bond motifs is 1. The Labute approximate surface area is 116 Å². The number of aromatic nitrogens is 2. The lowest BCUT2D eigenvalue weighted by atomic mass is 10.1. The Hall–Kier alpha value is -1.31. The van der Waals surface area contributed by atoms with Gasteiger partial charge in [-0.1, -0.05) is 24.6 Å². The molecule has 8 heteroatoms. The van der Waals surface area contributed by atoms with Crippen molar-refractivity contribution in [3.05, 3.63) is 22.7 Å². The number of halogens is 1. The summed E-state index contributed by atoms with van der Waals surface area (Å²) >= 11 is 6.17. The van der Waals surface area contributed by atoms with Gasteiger partial charge in [-0.3, -0.25) is 9.40 Å². The highest BCUT2D eigenvalue weighted by molar-refractivity contribution is 7.90. The van der Waals surface area contributed by atoms with Gasteiger partial charge in [0, 0.05) is 14.1 Å². The van der Waals surface area contributed by atoms with E-state index in [1.807, 2.05) is 13.0 Å². The van der Waals surface area contributed by atoms with E-state index in [0.29, 0.717) is 10.4 Å². The van der Waals surface area contributed by atoms with Gasteiger partial charge < -0.3 is 0 Å². The minimum atomic E-state index is -3.62. The van der Waals surface area contributed by atoms with Crippen molar-refractivity contribution in [2.24, 2.45) is 7.05 Å². The average molecular weight is 303 g/mol. The zero-order chi connectivity index (χ0) is 14.2. The first kappa shape index (κ1) is 14.1. The first-order valence-electron chi connectivity index (χ1n) is 5.75. The quantitative estimate of drug-likeness (QED) is 0.902. The Morgan fingerprint density at radius 3 is 2.68 bits per heavy atom. The Kier molecular flexibility index (Phi) is 3.71. The standard InChI is InChI=1S/C11H15ClN4O2S/c1-4-7-5-6-8(12)9-10(7)16(3)14-11(9)15-19(17,18)13-2/h5-6,13H,4H2,1-3H3,(H,14,15). The number of anilines is 1. The first-order valence-corrected chi connectivity index (χ1v) is 7.61. The summed E-state index contributed by atoms with van der Waals surface area (Å²) in [6.45, 7) is 2.02. The van der Waals surface area contributed by atoms with E-state index >= 15 is 0 Å². The SMILES string of the molecule is CCc1ccc(Cl)c2c(NS(=O)(=O)NC)nn(C)c12. The third-order valence-corrected chi connectivity index (χ3v) is 4.22. The third-order valence-electron chi connectivity index (χ3n) is 2.90. The molecule has 0 amide bonds. The molecule has 104 valence electrons. The van der Waals surface area contributed by atoms with E-state index in [-0.39, 0.29) is 5.82 Å². The molecular formula is C11H15ClN4O2S. The second-order valence-corrected chi connectivity index (χ2v) is 6.09. The van der Waals surface area contributed by atoms with Crippen LogP contribution in [0.15, 0.2) is 12.1 Å². The van der Waals surface area contributed by atoms with Crippen molar-refractivity contribution in [2.75, 3.05) is 11.8 Å². The molecule has 2 N–H and O–H groups in total. The molecule has 0 aliphatic rings. The summed E-state index contributed by atoms with van der Waals surface area (Å²) in [6, 6.07) is 3.67. The fourth-order valence-corrected chi connectivity index (χ4v) is 2.73. The van der Waals surface area contributed by atoms with E-state index in [0.717, 1.165) is 17.5 Å². The molecule has 1 heterocycles. The van der Waals surface area contributed by atoms with E-state index in [1.165, 1.54) is 7.05 Å². The number of aryl methyl sites for hydroxylation is 2. The molecule has 0 spiro atoms. The van der Waals surface area contributed by atoms with Crippen LogP contribution < -0.4 is 9.44 Å². The lowest BCUT2D eigenvalue weighted by molar-refractivity contribution is 0.593. The van der Waals surface area contributed by atoms with Crippen molar-refractivity contribution >= 4 is 38.5 Å². The van der Waals surface area contributed by atoms with Crippen molar-refractivity contribution in [2.45, 2.75) is 13.3 Å². The lowest BCUT2D eigenvalue weighted by Gasteiger charge is -2.05. The number of hydrogen-bond acceptors (Lipinski definition) is 3. The summed E-state index contributed by atoms with van der Waals surface area (Å²) in [5, 5.41) is 5.27. The van der Waals surface area contributed by atoms with Crippen LogP contribution in [0.4, 0.5) is 5.82 Å². The molecule has 0 saturated heterocycles. The molecule has 0 aliphatic carbocycles. The Morgan fingerprint density at radius 2 is 2.11 bits per heavy atom. The molecule has 2 aromatic rings. The zero-order valence-electron chi connectivity index (χ0n) is 10.9. The highest BCUT2D eigenvalue weighted by Crippen LogP contribution is 2.32. The summed E-state index contributed by atoms with van der Waals surface area (Å²) in [7, 11) is -0.537. The van der Waals surface area contributed by atoms with E-state index in [9.17, 15) is 8.42 Å². The van der Waals surface area contributed by atoms with Gasteiger partial charge in [0.2, 0.25) is 0 Å². The molecule has 0 bridgehead atoms. The van der Waals surface area contributed by atoms with Gasteiger partial charge in [-0.25, -0.2) is 4.72 Å². The fourth-order valence-electron chi connectivity index (χ4n) is 1.99.